The average molecular weight is 910 g/mol. The fourth-order valence-electron chi connectivity index (χ4n) is 7.74. The molecule has 0 bridgehead atoms. The van der Waals surface area contributed by atoms with Gasteiger partial charge in [-0.05, 0) is 51.4 Å². The second-order valence-electron chi connectivity index (χ2n) is 17.2. The summed E-state index contributed by atoms with van der Waals surface area (Å²) >= 11 is 0. The molecule has 0 spiro atoms. The van der Waals surface area contributed by atoms with Gasteiger partial charge in [-0.15, -0.1) is 0 Å². The van der Waals surface area contributed by atoms with E-state index in [0.29, 0.717) is 19.3 Å². The van der Waals surface area contributed by atoms with Crippen LogP contribution < -0.4 is 5.32 Å². The van der Waals surface area contributed by atoms with Gasteiger partial charge in [0.2, 0.25) is 5.91 Å². The lowest BCUT2D eigenvalue weighted by Crippen LogP contribution is -2.65. The molecule has 12 unspecified atom stereocenters. The Morgan fingerprint density at radius 3 is 1.59 bits per heavy atom. The van der Waals surface area contributed by atoms with E-state index >= 15 is 0 Å². The van der Waals surface area contributed by atoms with Crippen LogP contribution in [0.15, 0.2) is 60.8 Å². The van der Waals surface area contributed by atoms with Gasteiger partial charge in [0.05, 0.1) is 32.0 Å². The molecular weight excluding hydrogens is 823 g/mol. The minimum absolute atomic E-state index is 0.223. The number of hydrogen-bond donors (Lipinski definition) is 9. The first kappa shape index (κ1) is 57.8. The Labute approximate surface area is 384 Å². The van der Waals surface area contributed by atoms with Gasteiger partial charge in [0.25, 0.3) is 0 Å². The second-order valence-corrected chi connectivity index (χ2v) is 17.2. The van der Waals surface area contributed by atoms with E-state index in [-0.39, 0.29) is 18.9 Å². The normalized spacial score (nSPS) is 27.8. The molecule has 0 aliphatic carbocycles. The van der Waals surface area contributed by atoms with Crippen LogP contribution in [0.25, 0.3) is 0 Å². The highest BCUT2D eigenvalue weighted by Gasteiger charge is 2.51. The van der Waals surface area contributed by atoms with Gasteiger partial charge >= 0.3 is 0 Å². The van der Waals surface area contributed by atoms with Crippen molar-refractivity contribution >= 4 is 5.91 Å². The predicted octanol–water partition coefficient (Wildman–Crippen LogP) is 5.88. The summed E-state index contributed by atoms with van der Waals surface area (Å²) in [6.07, 6.45) is 26.6. The number of amides is 1. The molecule has 12 atom stereocenters. The van der Waals surface area contributed by atoms with Gasteiger partial charge in [0.1, 0.15) is 48.8 Å². The van der Waals surface area contributed by atoms with Crippen molar-refractivity contribution < 1.29 is 64.6 Å². The Morgan fingerprint density at radius 2 is 1.06 bits per heavy atom. The highest BCUT2D eigenvalue weighted by molar-refractivity contribution is 5.76. The van der Waals surface area contributed by atoms with Crippen molar-refractivity contribution in [3.8, 4) is 0 Å². The summed E-state index contributed by atoms with van der Waals surface area (Å²) in [4.78, 5) is 13.1. The molecule has 0 aromatic heterocycles. The first-order valence-corrected chi connectivity index (χ1v) is 24.5. The van der Waals surface area contributed by atoms with E-state index in [4.69, 9.17) is 18.9 Å². The monoisotopic (exact) mass is 910 g/mol. The van der Waals surface area contributed by atoms with Crippen molar-refractivity contribution in [3.63, 3.8) is 0 Å². The van der Waals surface area contributed by atoms with Gasteiger partial charge in [-0.2, -0.15) is 0 Å². The number of carbonyl (C=O) groups is 1. The fourth-order valence-corrected chi connectivity index (χ4v) is 7.74. The molecule has 2 aliphatic heterocycles. The molecule has 9 N–H and O–H groups in total. The molecule has 14 nitrogen and oxygen atoms in total. The van der Waals surface area contributed by atoms with Crippen molar-refractivity contribution in [1.29, 1.82) is 0 Å². The predicted molar refractivity (Wildman–Crippen MR) is 249 cm³/mol. The van der Waals surface area contributed by atoms with E-state index in [9.17, 15) is 45.6 Å². The molecule has 2 aliphatic rings. The lowest BCUT2D eigenvalue weighted by Gasteiger charge is -2.46. The number of ether oxygens (including phenoxy) is 4. The first-order chi connectivity index (χ1) is 31.1. The third-order valence-electron chi connectivity index (χ3n) is 11.7. The van der Waals surface area contributed by atoms with Crippen LogP contribution in [-0.4, -0.2) is 140 Å². The van der Waals surface area contributed by atoms with E-state index < -0.39 is 86.8 Å². The lowest BCUT2D eigenvalue weighted by molar-refractivity contribution is -0.359. The average Bonchev–Trinajstić information content (AvgIpc) is 3.29. The number of aliphatic hydroxyl groups excluding tert-OH is 8. The molecule has 2 heterocycles. The van der Waals surface area contributed by atoms with Gasteiger partial charge in [0.15, 0.2) is 12.6 Å². The zero-order valence-electron chi connectivity index (χ0n) is 39.0. The molecule has 14 heteroatoms. The summed E-state index contributed by atoms with van der Waals surface area (Å²) in [6, 6.07) is -0.859. The summed E-state index contributed by atoms with van der Waals surface area (Å²) in [6.45, 7) is 2.67. The minimum atomic E-state index is -1.79. The zero-order chi connectivity index (χ0) is 46.8. The molecule has 0 radical (unpaired) electrons. The molecule has 64 heavy (non-hydrogen) atoms. The summed E-state index contributed by atoms with van der Waals surface area (Å²) in [5.74, 6) is -0.267. The molecule has 0 aromatic rings. The molecular formula is C50H87NO13. The molecule has 0 aromatic carbocycles. The number of allylic oxidation sites excluding steroid dienone is 10. The maximum Gasteiger partial charge on any atom is 0.220 e. The van der Waals surface area contributed by atoms with Gasteiger partial charge in [-0.25, -0.2) is 0 Å². The molecule has 1 amide bonds. The third-order valence-corrected chi connectivity index (χ3v) is 11.7. The van der Waals surface area contributed by atoms with Crippen LogP contribution in [0.2, 0.25) is 0 Å². The van der Waals surface area contributed by atoms with Crippen LogP contribution in [0, 0.1) is 0 Å². The maximum atomic E-state index is 13.1. The van der Waals surface area contributed by atoms with E-state index in [1.807, 2.05) is 0 Å². The first-order valence-electron chi connectivity index (χ1n) is 24.5. The van der Waals surface area contributed by atoms with Gasteiger partial charge in [-0.1, -0.05) is 158 Å². The number of aliphatic hydroxyl groups is 8. The number of carbonyl (C=O) groups excluding carboxylic acids is 1. The smallest absolute Gasteiger partial charge is 0.220 e. The fraction of sp³-hybridized carbons (Fsp3) is 0.780. The summed E-state index contributed by atoms with van der Waals surface area (Å²) in [7, 11) is 0. The van der Waals surface area contributed by atoms with Crippen molar-refractivity contribution in [2.45, 2.75) is 229 Å². The highest BCUT2D eigenvalue weighted by Crippen LogP contribution is 2.30. The van der Waals surface area contributed by atoms with Gasteiger partial charge < -0.3 is 65.1 Å². The van der Waals surface area contributed by atoms with Crippen LogP contribution in [0.3, 0.4) is 0 Å². The highest BCUT2D eigenvalue weighted by atomic mass is 16.7. The van der Waals surface area contributed by atoms with Crippen LogP contribution >= 0.6 is 0 Å². The molecule has 0 saturated carbocycles. The van der Waals surface area contributed by atoms with Crippen molar-refractivity contribution in [3.05, 3.63) is 60.8 Å². The molecule has 2 saturated heterocycles. The van der Waals surface area contributed by atoms with Crippen molar-refractivity contribution in [2.75, 3.05) is 19.8 Å². The minimum Gasteiger partial charge on any atom is -0.394 e. The Kier molecular flexibility index (Phi) is 33.2. The number of hydrogen-bond acceptors (Lipinski definition) is 13. The number of rotatable bonds is 36. The summed E-state index contributed by atoms with van der Waals surface area (Å²) in [5, 5.41) is 86.7. The Morgan fingerprint density at radius 1 is 0.578 bits per heavy atom. The SMILES string of the molecule is CC/C=C\C/C=C\C/C=C\C/C=C\C/C=C\CCCC(=O)NC(COC1OC(CO)C(OC2OC(CO)C(O)C(O)C2O)C(O)C1O)C(O)CCCCCCCCCCCCCCC. The van der Waals surface area contributed by atoms with E-state index in [2.05, 4.69) is 79.9 Å². The number of nitrogens with one attached hydrogen (secondary N) is 1. The molecule has 2 rings (SSSR count). The van der Waals surface area contributed by atoms with Crippen LogP contribution in [0.5, 0.6) is 0 Å². The molecule has 370 valence electrons. The van der Waals surface area contributed by atoms with Gasteiger partial charge in [0, 0.05) is 6.42 Å². The quantitative estimate of drug-likeness (QED) is 0.0265. The summed E-state index contributed by atoms with van der Waals surface area (Å²) in [5.41, 5.74) is 0. The largest absolute Gasteiger partial charge is 0.394 e. The standard InChI is InChI=1S/C50H87NO13/c1-3-5-7-9-11-13-15-17-18-19-20-22-24-26-28-30-32-34-42(55)51-38(39(54)33-31-29-27-25-23-21-16-14-12-10-8-6-4-2)37-61-49-47(60)45(58)48(41(36-53)63-49)64-50-46(59)44(57)43(56)40(35-52)62-50/h5,7,11,13,17-18,20,22,26,28,38-41,43-50,52-54,56-60H,3-4,6,8-10,12,14-16,19,21,23-25,27,29-37H2,1-2H3,(H,51,55)/b7-5-,13-11-,18-17-,22-20-,28-26-. The summed E-state index contributed by atoms with van der Waals surface area (Å²) < 4.78 is 22.7. The maximum absolute atomic E-state index is 13.1. The van der Waals surface area contributed by atoms with Gasteiger partial charge in [-0.3, -0.25) is 4.79 Å². The number of unbranched alkanes of at least 4 members (excludes halogenated alkanes) is 13. The van der Waals surface area contributed by atoms with Crippen LogP contribution in [0.4, 0.5) is 0 Å². The second kappa shape index (κ2) is 36.8. The zero-order valence-corrected chi connectivity index (χ0v) is 39.0. The van der Waals surface area contributed by atoms with Crippen LogP contribution in [-0.2, 0) is 23.7 Å². The van der Waals surface area contributed by atoms with E-state index in [1.165, 1.54) is 57.8 Å². The third kappa shape index (κ3) is 23.9. The topological polar surface area (TPSA) is 228 Å². The Balaban J connectivity index is 1.88. The Bertz CT molecular complexity index is 1310. The Hall–Kier alpha value is -2.31. The van der Waals surface area contributed by atoms with Crippen molar-refractivity contribution in [1.82, 2.24) is 5.32 Å². The lowest BCUT2D eigenvalue weighted by atomic mass is 9.97. The van der Waals surface area contributed by atoms with E-state index in [1.54, 1.807) is 0 Å². The van der Waals surface area contributed by atoms with Crippen LogP contribution in [0.1, 0.15) is 155 Å². The molecule has 2 fully saturated rings. The van der Waals surface area contributed by atoms with Crippen molar-refractivity contribution in [2.24, 2.45) is 0 Å². The van der Waals surface area contributed by atoms with E-state index in [0.717, 1.165) is 57.8 Å².